The van der Waals surface area contributed by atoms with Crippen LogP contribution in [0.25, 0.3) is 0 Å². The third kappa shape index (κ3) is 20.0. The highest BCUT2D eigenvalue weighted by Crippen LogP contribution is 2.36. The van der Waals surface area contributed by atoms with Crippen LogP contribution in [0, 0.1) is 22.7 Å². The number of carboxylic acid groups (broad SMARTS) is 1. The Morgan fingerprint density at radius 3 is 1.17 bits per heavy atom. The van der Waals surface area contributed by atoms with E-state index in [9.17, 15) is 24.3 Å². The molecule has 0 aromatic heterocycles. The molecule has 0 aliphatic rings. The standard InChI is InChI=1S/C26H42O5.C24H38O5/c1-6-9-10-11-12-19-31-23-15-13-22(14-16-23)17-18-26(20-21(4)5,24(27)29-7-2)25(28)30-8-3;1-5-7-8-9-10-17-29-21-13-11-20(12-14-21)15-16-24(22(25)26,18-19(3)4)23(27)28-6-2/h13-16,21H,6-12,17-20H2,1-5H3;11-14,19H,5-10,15-18H2,1-4H3,(H,25,26). The molecule has 0 fully saturated rings. The topological polar surface area (TPSA) is 135 Å². The van der Waals surface area contributed by atoms with E-state index in [4.69, 9.17) is 23.7 Å². The smallest absolute Gasteiger partial charge is 0.323 e. The maximum Gasteiger partial charge on any atom is 0.323 e. The molecule has 0 spiro atoms. The Bertz CT molecular complexity index is 1450. The summed E-state index contributed by atoms with van der Waals surface area (Å²) in [6, 6.07) is 15.6. The second-order valence-corrected chi connectivity index (χ2v) is 16.6. The zero-order chi connectivity index (χ0) is 44.8. The van der Waals surface area contributed by atoms with Crippen LogP contribution in [0.3, 0.4) is 0 Å². The average molecular weight is 841 g/mol. The largest absolute Gasteiger partial charge is 0.494 e. The molecule has 340 valence electrons. The van der Waals surface area contributed by atoms with Crippen molar-refractivity contribution in [2.24, 2.45) is 22.7 Å². The van der Waals surface area contributed by atoms with E-state index in [1.54, 1.807) is 20.8 Å². The lowest BCUT2D eigenvalue weighted by Crippen LogP contribution is -2.43. The first-order chi connectivity index (χ1) is 28.7. The minimum Gasteiger partial charge on any atom is -0.494 e. The van der Waals surface area contributed by atoms with E-state index in [0.717, 1.165) is 42.1 Å². The summed E-state index contributed by atoms with van der Waals surface area (Å²) in [5.74, 6) is -0.803. The van der Waals surface area contributed by atoms with Crippen molar-refractivity contribution in [2.45, 2.75) is 165 Å². The molecule has 2 aromatic rings. The molecule has 0 saturated carbocycles. The van der Waals surface area contributed by atoms with Crippen molar-refractivity contribution < 1.29 is 48.0 Å². The van der Waals surface area contributed by atoms with Gasteiger partial charge in [-0.1, -0.05) is 117 Å². The zero-order valence-electron chi connectivity index (χ0n) is 38.7. The van der Waals surface area contributed by atoms with Gasteiger partial charge in [0.2, 0.25) is 0 Å². The highest BCUT2D eigenvalue weighted by Gasteiger charge is 2.49. The molecule has 0 bridgehead atoms. The maximum absolute atomic E-state index is 12.9. The number of unbranched alkanes of at least 4 members (excludes halogenated alkanes) is 8. The molecule has 1 atom stereocenters. The fourth-order valence-corrected chi connectivity index (χ4v) is 7.34. The maximum atomic E-state index is 12.9. The summed E-state index contributed by atoms with van der Waals surface area (Å²) in [6.45, 7) is 19.6. The van der Waals surface area contributed by atoms with Gasteiger partial charge in [0.05, 0.1) is 33.0 Å². The fourth-order valence-electron chi connectivity index (χ4n) is 7.34. The minimum absolute atomic E-state index is 0.0728. The normalized spacial score (nSPS) is 12.2. The van der Waals surface area contributed by atoms with Crippen LogP contribution in [0.2, 0.25) is 0 Å². The number of carbonyl (C=O) groups is 4. The Morgan fingerprint density at radius 1 is 0.500 bits per heavy atom. The fraction of sp³-hybridized carbons (Fsp3) is 0.680. The molecular formula is C50H80O10. The number of aryl methyl sites for hydroxylation is 2. The summed E-state index contributed by atoms with van der Waals surface area (Å²) < 4.78 is 27.3. The van der Waals surface area contributed by atoms with Gasteiger partial charge in [-0.3, -0.25) is 19.2 Å². The van der Waals surface area contributed by atoms with E-state index in [0.29, 0.717) is 32.3 Å². The van der Waals surface area contributed by atoms with Gasteiger partial charge in [0, 0.05) is 0 Å². The third-order valence-electron chi connectivity index (χ3n) is 10.5. The SMILES string of the molecule is CCCCCCCOc1ccc(CCC(CC(C)C)(C(=O)O)C(=O)OCC)cc1.CCCCCCCOc1ccc(CCC(CC(C)C)(C(=O)OCC)C(=O)OCC)cc1. The van der Waals surface area contributed by atoms with Gasteiger partial charge in [0.25, 0.3) is 0 Å². The number of rotatable bonds is 31. The van der Waals surface area contributed by atoms with Gasteiger partial charge >= 0.3 is 23.9 Å². The monoisotopic (exact) mass is 841 g/mol. The van der Waals surface area contributed by atoms with Crippen molar-refractivity contribution in [1.29, 1.82) is 0 Å². The number of carbonyl (C=O) groups excluding carboxylic acids is 3. The first kappa shape index (κ1) is 53.9. The molecule has 2 rings (SSSR count). The number of ether oxygens (including phenoxy) is 5. The van der Waals surface area contributed by atoms with Gasteiger partial charge in [-0.15, -0.1) is 0 Å². The summed E-state index contributed by atoms with van der Waals surface area (Å²) in [5, 5.41) is 9.85. The Balaban J connectivity index is 0.000000601. The number of aliphatic carboxylic acids is 1. The highest BCUT2D eigenvalue weighted by molar-refractivity contribution is 6.00. The Morgan fingerprint density at radius 2 is 0.833 bits per heavy atom. The lowest BCUT2D eigenvalue weighted by Gasteiger charge is -2.30. The van der Waals surface area contributed by atoms with Gasteiger partial charge in [0.1, 0.15) is 11.5 Å². The number of hydrogen-bond donors (Lipinski definition) is 1. The molecule has 0 aliphatic heterocycles. The molecule has 0 radical (unpaired) electrons. The summed E-state index contributed by atoms with van der Waals surface area (Å²) in [6.07, 6.45) is 14.4. The molecule has 0 aliphatic carbocycles. The van der Waals surface area contributed by atoms with Gasteiger partial charge in [-0.05, 0) is 119 Å². The molecule has 60 heavy (non-hydrogen) atoms. The van der Waals surface area contributed by atoms with Crippen LogP contribution < -0.4 is 9.47 Å². The number of hydrogen-bond acceptors (Lipinski definition) is 9. The van der Waals surface area contributed by atoms with Crippen molar-refractivity contribution in [3.63, 3.8) is 0 Å². The van der Waals surface area contributed by atoms with Gasteiger partial charge in [-0.2, -0.15) is 0 Å². The highest BCUT2D eigenvalue weighted by atomic mass is 16.6. The number of carboxylic acids is 1. The van der Waals surface area contributed by atoms with Crippen molar-refractivity contribution >= 4 is 23.9 Å². The van der Waals surface area contributed by atoms with Crippen molar-refractivity contribution in [3.05, 3.63) is 59.7 Å². The lowest BCUT2D eigenvalue weighted by molar-refractivity contribution is -0.174. The molecule has 0 amide bonds. The van der Waals surface area contributed by atoms with Crippen LogP contribution in [0.5, 0.6) is 11.5 Å². The zero-order valence-corrected chi connectivity index (χ0v) is 38.7. The quantitative estimate of drug-likeness (QED) is 0.0338. The molecule has 10 nitrogen and oxygen atoms in total. The van der Waals surface area contributed by atoms with E-state index < -0.39 is 34.7 Å². The average Bonchev–Trinajstić information content (AvgIpc) is 3.21. The Kier molecular flexibility index (Phi) is 27.8. The summed E-state index contributed by atoms with van der Waals surface area (Å²) in [5.41, 5.74) is -0.734. The van der Waals surface area contributed by atoms with Crippen molar-refractivity contribution in [1.82, 2.24) is 0 Å². The second kappa shape index (κ2) is 30.9. The van der Waals surface area contributed by atoms with E-state index >= 15 is 0 Å². The van der Waals surface area contributed by atoms with Gasteiger partial charge < -0.3 is 28.8 Å². The first-order valence-corrected chi connectivity index (χ1v) is 22.9. The summed E-state index contributed by atoms with van der Waals surface area (Å²) in [4.78, 5) is 50.3. The van der Waals surface area contributed by atoms with Crippen molar-refractivity contribution in [2.75, 3.05) is 33.0 Å². The predicted octanol–water partition coefficient (Wildman–Crippen LogP) is 11.8. The molecule has 0 heterocycles. The summed E-state index contributed by atoms with van der Waals surface area (Å²) >= 11 is 0. The van der Waals surface area contributed by atoms with Crippen LogP contribution in [-0.2, 0) is 46.2 Å². The predicted molar refractivity (Wildman–Crippen MR) is 239 cm³/mol. The van der Waals surface area contributed by atoms with E-state index in [1.165, 1.54) is 51.4 Å². The van der Waals surface area contributed by atoms with Crippen LogP contribution in [0.15, 0.2) is 48.5 Å². The Labute approximate surface area is 362 Å². The van der Waals surface area contributed by atoms with Crippen LogP contribution >= 0.6 is 0 Å². The molecule has 2 aromatic carbocycles. The molecule has 0 saturated heterocycles. The van der Waals surface area contributed by atoms with Crippen LogP contribution in [0.1, 0.15) is 163 Å². The first-order valence-electron chi connectivity index (χ1n) is 22.9. The van der Waals surface area contributed by atoms with Gasteiger partial charge in [-0.25, -0.2) is 0 Å². The third-order valence-corrected chi connectivity index (χ3v) is 10.5. The molecule has 1 N–H and O–H groups in total. The van der Waals surface area contributed by atoms with E-state index in [1.807, 2.05) is 76.2 Å². The van der Waals surface area contributed by atoms with Crippen molar-refractivity contribution in [3.8, 4) is 11.5 Å². The van der Waals surface area contributed by atoms with E-state index in [-0.39, 0.29) is 44.5 Å². The number of benzene rings is 2. The second-order valence-electron chi connectivity index (χ2n) is 16.6. The van der Waals surface area contributed by atoms with Gasteiger partial charge in [0.15, 0.2) is 10.8 Å². The number of esters is 3. The van der Waals surface area contributed by atoms with E-state index in [2.05, 4.69) is 13.8 Å². The molecule has 10 heteroatoms. The van der Waals surface area contributed by atoms with Crippen LogP contribution in [0.4, 0.5) is 0 Å². The lowest BCUT2D eigenvalue weighted by atomic mass is 9.75. The molecule has 1 unspecified atom stereocenters. The van der Waals surface area contributed by atoms with Crippen LogP contribution in [-0.4, -0.2) is 62.0 Å². The Hall–Kier alpha value is -4.08. The minimum atomic E-state index is -1.50. The summed E-state index contributed by atoms with van der Waals surface area (Å²) in [7, 11) is 0. The molecular weight excluding hydrogens is 761 g/mol.